The van der Waals surface area contributed by atoms with E-state index >= 15 is 0 Å². The number of nitriles is 1. The average Bonchev–Trinajstić information content (AvgIpc) is 2.89. The van der Waals surface area contributed by atoms with Crippen molar-refractivity contribution in [3.05, 3.63) is 24.2 Å². The lowest BCUT2D eigenvalue weighted by Crippen LogP contribution is -2.27. The number of unbranched alkanes of at least 4 members (excludes halogenated alkanes) is 1. The summed E-state index contributed by atoms with van der Waals surface area (Å²) in [4.78, 5) is 0. The van der Waals surface area contributed by atoms with E-state index in [1.54, 1.807) is 6.26 Å². The Kier molecular flexibility index (Phi) is 6.66. The zero-order chi connectivity index (χ0) is 14.1. The van der Waals surface area contributed by atoms with Gasteiger partial charge in [0, 0.05) is 12.5 Å². The molecule has 1 aromatic heterocycles. The standard InChI is InChI=1S/C16H26N2O/c1-14(8-9-15-7-6-12-19-15)18-11-5-4-10-16(2,3)13-17/h6-7,12,14,18H,4-5,8-11H2,1-3H3. The number of hydrogen-bond donors (Lipinski definition) is 1. The molecule has 3 nitrogen and oxygen atoms in total. The maximum Gasteiger partial charge on any atom is 0.103 e. The summed E-state index contributed by atoms with van der Waals surface area (Å²) in [5.74, 6) is 1.06. The molecule has 0 saturated heterocycles. The second-order valence-corrected chi connectivity index (χ2v) is 5.93. The molecule has 3 heteroatoms. The van der Waals surface area contributed by atoms with Gasteiger partial charge < -0.3 is 9.73 Å². The highest BCUT2D eigenvalue weighted by Gasteiger charge is 2.15. The first-order valence-corrected chi connectivity index (χ1v) is 7.20. The molecular formula is C16H26N2O. The van der Waals surface area contributed by atoms with E-state index in [4.69, 9.17) is 9.68 Å². The van der Waals surface area contributed by atoms with E-state index in [0.717, 1.165) is 44.4 Å². The normalized spacial score (nSPS) is 13.2. The molecule has 0 aliphatic rings. The van der Waals surface area contributed by atoms with Crippen molar-refractivity contribution < 1.29 is 4.42 Å². The monoisotopic (exact) mass is 262 g/mol. The summed E-state index contributed by atoms with van der Waals surface area (Å²) in [5.41, 5.74) is -0.176. The third kappa shape index (κ3) is 7.03. The molecule has 0 bridgehead atoms. The molecule has 0 aromatic carbocycles. The van der Waals surface area contributed by atoms with Crippen LogP contribution in [0.3, 0.4) is 0 Å². The molecule has 0 radical (unpaired) electrons. The molecule has 1 aromatic rings. The first-order chi connectivity index (χ1) is 9.03. The molecule has 1 rings (SSSR count). The van der Waals surface area contributed by atoms with E-state index in [1.807, 2.05) is 26.0 Å². The lowest BCUT2D eigenvalue weighted by molar-refractivity contribution is 0.410. The smallest absolute Gasteiger partial charge is 0.103 e. The number of furan rings is 1. The van der Waals surface area contributed by atoms with Gasteiger partial charge in [0.15, 0.2) is 0 Å². The largest absolute Gasteiger partial charge is 0.469 e. The van der Waals surface area contributed by atoms with Crippen molar-refractivity contribution in [1.82, 2.24) is 5.32 Å². The molecule has 1 unspecified atom stereocenters. The quantitative estimate of drug-likeness (QED) is 0.686. The highest BCUT2D eigenvalue weighted by molar-refractivity contribution is 4.98. The maximum absolute atomic E-state index is 8.92. The van der Waals surface area contributed by atoms with Crippen LogP contribution in [0, 0.1) is 16.7 Å². The summed E-state index contributed by atoms with van der Waals surface area (Å²) in [6.45, 7) is 7.25. The van der Waals surface area contributed by atoms with Crippen molar-refractivity contribution in [2.45, 2.75) is 58.9 Å². The van der Waals surface area contributed by atoms with Gasteiger partial charge in [-0.15, -0.1) is 0 Å². The van der Waals surface area contributed by atoms with E-state index in [-0.39, 0.29) is 5.41 Å². The third-order valence-corrected chi connectivity index (χ3v) is 3.43. The fourth-order valence-corrected chi connectivity index (χ4v) is 2.01. The second-order valence-electron chi connectivity index (χ2n) is 5.93. The van der Waals surface area contributed by atoms with Crippen LogP contribution < -0.4 is 5.32 Å². The van der Waals surface area contributed by atoms with Crippen molar-refractivity contribution in [2.75, 3.05) is 6.54 Å². The van der Waals surface area contributed by atoms with Crippen molar-refractivity contribution >= 4 is 0 Å². The predicted molar refractivity (Wildman–Crippen MR) is 77.7 cm³/mol. The van der Waals surface area contributed by atoms with E-state index < -0.39 is 0 Å². The summed E-state index contributed by atoms with van der Waals surface area (Å²) in [5, 5.41) is 12.4. The lowest BCUT2D eigenvalue weighted by atomic mass is 9.89. The second kappa shape index (κ2) is 8.01. The van der Waals surface area contributed by atoms with Crippen molar-refractivity contribution in [1.29, 1.82) is 5.26 Å². The van der Waals surface area contributed by atoms with Gasteiger partial charge >= 0.3 is 0 Å². The Morgan fingerprint density at radius 3 is 2.84 bits per heavy atom. The molecule has 0 aliphatic carbocycles. The minimum Gasteiger partial charge on any atom is -0.469 e. The van der Waals surface area contributed by atoms with Crippen LogP contribution in [-0.2, 0) is 6.42 Å². The Balaban J connectivity index is 2.02. The highest BCUT2D eigenvalue weighted by atomic mass is 16.3. The van der Waals surface area contributed by atoms with Gasteiger partial charge in [-0.3, -0.25) is 0 Å². The molecule has 1 heterocycles. The summed E-state index contributed by atoms with van der Waals surface area (Å²) < 4.78 is 5.32. The number of hydrogen-bond acceptors (Lipinski definition) is 3. The Hall–Kier alpha value is -1.27. The first kappa shape index (κ1) is 15.8. The Labute approximate surface area is 117 Å². The number of rotatable bonds is 9. The topological polar surface area (TPSA) is 49.0 Å². The van der Waals surface area contributed by atoms with Gasteiger partial charge in [-0.2, -0.15) is 5.26 Å². The van der Waals surface area contributed by atoms with Gasteiger partial charge in [-0.1, -0.05) is 6.42 Å². The fourth-order valence-electron chi connectivity index (χ4n) is 2.01. The lowest BCUT2D eigenvalue weighted by Gasteiger charge is -2.16. The summed E-state index contributed by atoms with van der Waals surface area (Å²) >= 11 is 0. The number of aryl methyl sites for hydroxylation is 1. The summed E-state index contributed by atoms with van der Waals surface area (Å²) in [6, 6.07) is 6.81. The van der Waals surface area contributed by atoms with Crippen LogP contribution in [0.15, 0.2) is 22.8 Å². The number of nitrogens with zero attached hydrogens (tertiary/aromatic N) is 1. The Morgan fingerprint density at radius 2 is 2.21 bits per heavy atom. The summed E-state index contributed by atoms with van der Waals surface area (Å²) in [7, 11) is 0. The van der Waals surface area contributed by atoms with Gasteiger partial charge in [0.2, 0.25) is 0 Å². The molecule has 106 valence electrons. The van der Waals surface area contributed by atoms with Gasteiger partial charge in [0.25, 0.3) is 0 Å². The molecule has 0 fully saturated rings. The van der Waals surface area contributed by atoms with E-state index in [2.05, 4.69) is 18.3 Å². The molecule has 0 spiro atoms. The summed E-state index contributed by atoms with van der Waals surface area (Å²) in [6.07, 6.45) is 7.03. The van der Waals surface area contributed by atoms with Crippen LogP contribution in [0.2, 0.25) is 0 Å². The minimum absolute atomic E-state index is 0.176. The third-order valence-electron chi connectivity index (χ3n) is 3.43. The molecular weight excluding hydrogens is 236 g/mol. The van der Waals surface area contributed by atoms with Crippen molar-refractivity contribution in [3.8, 4) is 6.07 Å². The van der Waals surface area contributed by atoms with E-state index in [0.29, 0.717) is 6.04 Å². The number of nitrogens with one attached hydrogen (secondary N) is 1. The van der Waals surface area contributed by atoms with Gasteiger partial charge in [-0.05, 0) is 58.7 Å². The van der Waals surface area contributed by atoms with Gasteiger partial charge in [-0.25, -0.2) is 0 Å². The van der Waals surface area contributed by atoms with Crippen LogP contribution in [0.1, 0.15) is 52.2 Å². The highest BCUT2D eigenvalue weighted by Crippen LogP contribution is 2.21. The van der Waals surface area contributed by atoms with E-state index in [1.165, 1.54) is 0 Å². The first-order valence-electron chi connectivity index (χ1n) is 7.20. The van der Waals surface area contributed by atoms with Crippen molar-refractivity contribution in [3.63, 3.8) is 0 Å². The maximum atomic E-state index is 8.92. The minimum atomic E-state index is -0.176. The molecule has 19 heavy (non-hydrogen) atoms. The molecule has 1 N–H and O–H groups in total. The van der Waals surface area contributed by atoms with Crippen LogP contribution in [-0.4, -0.2) is 12.6 Å². The molecule has 0 amide bonds. The van der Waals surface area contributed by atoms with Crippen LogP contribution in [0.25, 0.3) is 0 Å². The molecule has 0 saturated carbocycles. The molecule has 0 aliphatic heterocycles. The van der Waals surface area contributed by atoms with Crippen LogP contribution >= 0.6 is 0 Å². The predicted octanol–water partition coefficient (Wildman–Crippen LogP) is 3.91. The van der Waals surface area contributed by atoms with Gasteiger partial charge in [0.05, 0.1) is 17.7 Å². The molecule has 1 atom stereocenters. The van der Waals surface area contributed by atoms with Crippen molar-refractivity contribution in [2.24, 2.45) is 5.41 Å². The Morgan fingerprint density at radius 1 is 1.42 bits per heavy atom. The fraction of sp³-hybridized carbons (Fsp3) is 0.688. The SMILES string of the molecule is CC(CCc1ccco1)NCCCCC(C)(C)C#N. The zero-order valence-electron chi connectivity index (χ0n) is 12.4. The average molecular weight is 262 g/mol. The zero-order valence-corrected chi connectivity index (χ0v) is 12.4. The van der Waals surface area contributed by atoms with Gasteiger partial charge in [0.1, 0.15) is 5.76 Å². The van der Waals surface area contributed by atoms with Crippen LogP contribution in [0.5, 0.6) is 0 Å². The van der Waals surface area contributed by atoms with Crippen LogP contribution in [0.4, 0.5) is 0 Å². The Bertz CT molecular complexity index is 376. The van der Waals surface area contributed by atoms with E-state index in [9.17, 15) is 0 Å².